The maximum Gasteiger partial charge on any atom is 0.0640 e. The molecule has 2 fully saturated rings. The molecule has 0 aromatic heterocycles. The summed E-state index contributed by atoms with van der Waals surface area (Å²) in [5.74, 6) is 1.72. The fraction of sp³-hybridized carbons (Fsp3) is 1.00. The molecule has 1 saturated carbocycles. The first-order valence-corrected chi connectivity index (χ1v) is 6.18. The molecule has 1 aliphatic heterocycles. The Morgan fingerprint density at radius 3 is 2.43 bits per heavy atom. The second kappa shape index (κ2) is 5.13. The van der Waals surface area contributed by atoms with Gasteiger partial charge in [0.2, 0.25) is 0 Å². The van der Waals surface area contributed by atoms with Gasteiger partial charge in [0.25, 0.3) is 0 Å². The van der Waals surface area contributed by atoms with Crippen LogP contribution in [0.2, 0.25) is 0 Å². The molecule has 2 atom stereocenters. The van der Waals surface area contributed by atoms with Crippen LogP contribution in [0.25, 0.3) is 0 Å². The van der Waals surface area contributed by atoms with Crippen molar-refractivity contribution < 1.29 is 4.74 Å². The van der Waals surface area contributed by atoms with Gasteiger partial charge in [0.1, 0.15) is 0 Å². The Labute approximate surface area is 87.4 Å². The minimum Gasteiger partial charge on any atom is -0.378 e. The van der Waals surface area contributed by atoms with E-state index in [0.717, 1.165) is 25.0 Å². The van der Waals surface area contributed by atoms with Crippen molar-refractivity contribution >= 4 is 0 Å². The Hall–Kier alpha value is -0.0800. The van der Waals surface area contributed by atoms with Crippen LogP contribution in [0, 0.1) is 11.8 Å². The van der Waals surface area contributed by atoms with Crippen LogP contribution in [0.15, 0.2) is 0 Å². The van der Waals surface area contributed by atoms with Gasteiger partial charge < -0.3 is 10.1 Å². The maximum atomic E-state index is 5.66. The van der Waals surface area contributed by atoms with Gasteiger partial charge in [0.05, 0.1) is 6.10 Å². The highest BCUT2D eigenvalue weighted by Crippen LogP contribution is 2.35. The highest BCUT2D eigenvalue weighted by Gasteiger charge is 2.34. The molecule has 0 aromatic carbocycles. The van der Waals surface area contributed by atoms with Gasteiger partial charge in [-0.3, -0.25) is 0 Å². The number of hydrogen-bond donors (Lipinski definition) is 1. The van der Waals surface area contributed by atoms with Gasteiger partial charge in [-0.25, -0.2) is 0 Å². The Kier molecular flexibility index (Phi) is 3.82. The fourth-order valence-electron chi connectivity index (χ4n) is 2.99. The molecule has 2 heteroatoms. The lowest BCUT2D eigenvalue weighted by atomic mass is 9.76. The topological polar surface area (TPSA) is 21.3 Å². The van der Waals surface area contributed by atoms with Gasteiger partial charge in [0.15, 0.2) is 0 Å². The largest absolute Gasteiger partial charge is 0.378 e. The quantitative estimate of drug-likeness (QED) is 0.746. The predicted octanol–water partition coefficient (Wildman–Crippen LogP) is 2.19. The summed E-state index contributed by atoms with van der Waals surface area (Å²) in [6.07, 6.45) is 9.08. The van der Waals surface area contributed by atoms with Gasteiger partial charge in [-0.05, 0) is 19.4 Å². The van der Waals surface area contributed by atoms with E-state index >= 15 is 0 Å². The summed E-state index contributed by atoms with van der Waals surface area (Å²) in [7, 11) is 2.06. The van der Waals surface area contributed by atoms with E-state index in [1.807, 2.05) is 0 Å². The van der Waals surface area contributed by atoms with E-state index in [4.69, 9.17) is 4.74 Å². The Morgan fingerprint density at radius 2 is 1.93 bits per heavy atom. The van der Waals surface area contributed by atoms with Crippen LogP contribution in [0.5, 0.6) is 0 Å². The molecule has 0 bridgehead atoms. The number of nitrogens with one attached hydrogen (secondary N) is 1. The third-order valence-electron chi connectivity index (χ3n) is 3.91. The van der Waals surface area contributed by atoms with E-state index in [2.05, 4.69) is 12.4 Å². The molecule has 1 N–H and O–H groups in total. The van der Waals surface area contributed by atoms with Crippen molar-refractivity contribution in [2.75, 3.05) is 20.2 Å². The van der Waals surface area contributed by atoms with Crippen molar-refractivity contribution in [2.24, 2.45) is 11.8 Å². The third kappa shape index (κ3) is 2.29. The van der Waals surface area contributed by atoms with E-state index in [9.17, 15) is 0 Å². The van der Waals surface area contributed by atoms with Crippen LogP contribution in [-0.2, 0) is 4.74 Å². The second-order valence-corrected chi connectivity index (χ2v) is 4.82. The van der Waals surface area contributed by atoms with Crippen LogP contribution < -0.4 is 5.32 Å². The second-order valence-electron chi connectivity index (χ2n) is 4.82. The molecule has 0 amide bonds. The van der Waals surface area contributed by atoms with Gasteiger partial charge >= 0.3 is 0 Å². The summed E-state index contributed by atoms with van der Waals surface area (Å²) in [4.78, 5) is 0. The predicted molar refractivity (Wildman–Crippen MR) is 58.3 cm³/mol. The molecule has 82 valence electrons. The summed E-state index contributed by atoms with van der Waals surface area (Å²) >= 11 is 0. The molecule has 1 aliphatic carbocycles. The van der Waals surface area contributed by atoms with E-state index in [0.29, 0.717) is 6.10 Å². The fourth-order valence-corrected chi connectivity index (χ4v) is 2.99. The third-order valence-corrected chi connectivity index (χ3v) is 3.91. The molecular formula is C12H23NO. The highest BCUT2D eigenvalue weighted by molar-refractivity contribution is 4.84. The molecule has 2 unspecified atom stereocenters. The zero-order chi connectivity index (χ0) is 9.80. The van der Waals surface area contributed by atoms with Crippen LogP contribution in [0.1, 0.15) is 38.5 Å². The lowest BCUT2D eigenvalue weighted by Crippen LogP contribution is -2.43. The summed E-state index contributed by atoms with van der Waals surface area (Å²) < 4.78 is 5.66. The first kappa shape index (κ1) is 10.4. The van der Waals surface area contributed by atoms with Gasteiger partial charge in [-0.2, -0.15) is 0 Å². The van der Waals surface area contributed by atoms with Crippen LogP contribution in [0.3, 0.4) is 0 Å². The zero-order valence-corrected chi connectivity index (χ0v) is 9.30. The minimum absolute atomic E-state index is 0.575. The summed E-state index contributed by atoms with van der Waals surface area (Å²) in [6.45, 7) is 2.15. The monoisotopic (exact) mass is 197 g/mol. The first-order chi connectivity index (χ1) is 6.92. The number of hydrogen-bond acceptors (Lipinski definition) is 2. The number of rotatable bonds is 4. The average Bonchev–Trinajstić information content (AvgIpc) is 2.16. The molecule has 1 saturated heterocycles. The van der Waals surface area contributed by atoms with Crippen molar-refractivity contribution in [3.8, 4) is 0 Å². The smallest absolute Gasteiger partial charge is 0.0640 e. The van der Waals surface area contributed by atoms with Crippen LogP contribution in [-0.4, -0.2) is 26.3 Å². The van der Waals surface area contributed by atoms with Crippen molar-refractivity contribution in [1.82, 2.24) is 5.32 Å². The first-order valence-electron chi connectivity index (χ1n) is 6.18. The molecule has 2 aliphatic rings. The molecule has 2 nitrogen and oxygen atoms in total. The molecule has 0 radical (unpaired) electrons. The van der Waals surface area contributed by atoms with E-state index < -0.39 is 0 Å². The Morgan fingerprint density at radius 1 is 1.21 bits per heavy atom. The highest BCUT2D eigenvalue weighted by atomic mass is 16.5. The molecule has 14 heavy (non-hydrogen) atoms. The number of ether oxygens (including phenoxy) is 1. The van der Waals surface area contributed by atoms with Gasteiger partial charge in [-0.15, -0.1) is 0 Å². The lowest BCUT2D eigenvalue weighted by Gasteiger charge is -2.40. The molecule has 2 rings (SSSR count). The molecular weight excluding hydrogens is 174 g/mol. The maximum absolute atomic E-state index is 5.66. The lowest BCUT2D eigenvalue weighted by molar-refractivity contribution is -0.100. The summed E-state index contributed by atoms with van der Waals surface area (Å²) in [5.41, 5.74) is 0. The van der Waals surface area contributed by atoms with Crippen LogP contribution in [0.4, 0.5) is 0 Å². The Bertz CT molecular complexity index is 162. The van der Waals surface area contributed by atoms with Gasteiger partial charge in [-0.1, -0.05) is 32.1 Å². The normalized spacial score (nSPS) is 31.1. The van der Waals surface area contributed by atoms with Crippen molar-refractivity contribution in [2.45, 2.75) is 44.6 Å². The molecule has 0 aromatic rings. The van der Waals surface area contributed by atoms with Crippen molar-refractivity contribution in [3.05, 3.63) is 0 Å². The van der Waals surface area contributed by atoms with Gasteiger partial charge in [0, 0.05) is 19.1 Å². The molecule has 1 heterocycles. The SMILES string of the molecule is CNCC(C1CCCCC1)C1CCO1. The average molecular weight is 197 g/mol. The van der Waals surface area contributed by atoms with Crippen molar-refractivity contribution in [3.63, 3.8) is 0 Å². The zero-order valence-electron chi connectivity index (χ0n) is 9.30. The molecule has 0 spiro atoms. The summed E-state index contributed by atoms with van der Waals surface area (Å²) in [5, 5.41) is 3.33. The minimum atomic E-state index is 0.575. The Balaban J connectivity index is 1.86. The van der Waals surface area contributed by atoms with Crippen LogP contribution >= 0.6 is 0 Å². The van der Waals surface area contributed by atoms with E-state index in [1.54, 1.807) is 0 Å². The van der Waals surface area contributed by atoms with E-state index in [-0.39, 0.29) is 0 Å². The summed E-state index contributed by atoms with van der Waals surface area (Å²) in [6, 6.07) is 0. The van der Waals surface area contributed by atoms with E-state index in [1.165, 1.54) is 38.5 Å². The standard InChI is InChI=1S/C12H23NO/c1-13-9-11(12-7-8-14-12)10-5-3-2-4-6-10/h10-13H,2-9H2,1H3. The van der Waals surface area contributed by atoms with Crippen molar-refractivity contribution in [1.29, 1.82) is 0 Å².